The lowest BCUT2D eigenvalue weighted by atomic mass is 10.1. The Kier molecular flexibility index (Phi) is 8.11. The number of nitrogens with one attached hydrogen (secondary N) is 2. The second-order valence-corrected chi connectivity index (χ2v) is 7.86. The van der Waals surface area contributed by atoms with Crippen molar-refractivity contribution in [2.24, 2.45) is 4.99 Å². The molecule has 0 bridgehead atoms. The molecule has 1 aliphatic heterocycles. The molecule has 0 aromatic heterocycles. The normalized spacial score (nSPS) is 20.1. The highest BCUT2D eigenvalue weighted by Gasteiger charge is 2.21. The summed E-state index contributed by atoms with van der Waals surface area (Å²) in [5.41, 5.74) is 3.65. The van der Waals surface area contributed by atoms with Crippen molar-refractivity contribution >= 4 is 5.96 Å². The predicted molar refractivity (Wildman–Crippen MR) is 122 cm³/mol. The van der Waals surface area contributed by atoms with Crippen LogP contribution in [0, 0.1) is 0 Å². The highest BCUT2D eigenvalue weighted by Crippen LogP contribution is 2.17. The fourth-order valence-corrected chi connectivity index (χ4v) is 3.87. The van der Waals surface area contributed by atoms with Crippen LogP contribution in [-0.4, -0.2) is 50.3 Å². The van der Waals surface area contributed by atoms with Crippen LogP contribution in [0.5, 0.6) is 5.75 Å². The van der Waals surface area contributed by atoms with E-state index in [2.05, 4.69) is 58.6 Å². The summed E-state index contributed by atoms with van der Waals surface area (Å²) in [5, 5.41) is 6.72. The summed E-state index contributed by atoms with van der Waals surface area (Å²) < 4.78 is 11.2. The molecule has 1 heterocycles. The number of benzene rings is 2. The average Bonchev–Trinajstić information content (AvgIpc) is 2.74. The monoisotopic (exact) mass is 410 g/mol. The van der Waals surface area contributed by atoms with E-state index in [1.165, 1.54) is 11.1 Å². The van der Waals surface area contributed by atoms with Gasteiger partial charge in [-0.05, 0) is 31.0 Å². The lowest BCUT2D eigenvalue weighted by molar-refractivity contribution is -0.0704. The molecule has 2 unspecified atom stereocenters. The quantitative estimate of drug-likeness (QED) is 0.542. The van der Waals surface area contributed by atoms with Crippen LogP contribution in [0.3, 0.4) is 0 Å². The summed E-state index contributed by atoms with van der Waals surface area (Å²) >= 11 is 0. The number of nitrogens with zero attached hydrogens (tertiary/aromatic N) is 2. The minimum absolute atomic E-state index is 0.298. The predicted octanol–water partition coefficient (Wildman–Crippen LogP) is 3.17. The Morgan fingerprint density at radius 1 is 1.00 bits per heavy atom. The number of ether oxygens (including phenoxy) is 2. The summed E-state index contributed by atoms with van der Waals surface area (Å²) in [4.78, 5) is 6.79. The van der Waals surface area contributed by atoms with Gasteiger partial charge in [-0.25, -0.2) is 0 Å². The molecule has 6 nitrogen and oxygen atoms in total. The topological polar surface area (TPSA) is 58.1 Å². The average molecular weight is 411 g/mol. The van der Waals surface area contributed by atoms with Crippen LogP contribution >= 0.6 is 0 Å². The van der Waals surface area contributed by atoms with Gasteiger partial charge in [0.1, 0.15) is 5.75 Å². The van der Waals surface area contributed by atoms with E-state index in [0.717, 1.165) is 43.5 Å². The lowest BCUT2D eigenvalue weighted by Gasteiger charge is -2.35. The second kappa shape index (κ2) is 11.0. The first-order chi connectivity index (χ1) is 14.6. The van der Waals surface area contributed by atoms with E-state index in [1.807, 2.05) is 24.3 Å². The molecule has 2 aromatic rings. The molecule has 30 heavy (non-hydrogen) atoms. The molecule has 2 atom stereocenters. The van der Waals surface area contributed by atoms with Gasteiger partial charge >= 0.3 is 0 Å². The Balaban J connectivity index is 1.47. The molecule has 0 radical (unpaired) electrons. The second-order valence-electron chi connectivity index (χ2n) is 7.86. The van der Waals surface area contributed by atoms with Crippen molar-refractivity contribution in [3.05, 3.63) is 65.2 Å². The van der Waals surface area contributed by atoms with E-state index in [1.54, 1.807) is 14.2 Å². The lowest BCUT2D eigenvalue weighted by Crippen LogP contribution is -2.44. The smallest absolute Gasteiger partial charge is 0.191 e. The molecule has 162 valence electrons. The molecular weight excluding hydrogens is 376 g/mol. The first-order valence-electron chi connectivity index (χ1n) is 10.6. The van der Waals surface area contributed by atoms with Crippen molar-refractivity contribution in [2.75, 3.05) is 27.2 Å². The van der Waals surface area contributed by atoms with Crippen LogP contribution in [0.4, 0.5) is 0 Å². The van der Waals surface area contributed by atoms with Gasteiger partial charge in [-0.1, -0.05) is 42.5 Å². The fourth-order valence-electron chi connectivity index (χ4n) is 3.87. The first-order valence-corrected chi connectivity index (χ1v) is 10.6. The van der Waals surface area contributed by atoms with Crippen LogP contribution in [0.25, 0.3) is 0 Å². The number of hydrogen-bond acceptors (Lipinski definition) is 4. The highest BCUT2D eigenvalue weighted by atomic mass is 16.5. The standard InChI is InChI=1S/C24H34N4O2/c1-18-15-28(16-19(2)30-18)17-21-11-9-20(10-12-21)13-26-24(25-3)27-14-22-7-5-6-8-23(22)29-4/h5-12,18-19H,13-17H2,1-4H3,(H2,25,26,27). The minimum atomic E-state index is 0.298. The van der Waals surface area contributed by atoms with E-state index in [-0.39, 0.29) is 0 Å². The van der Waals surface area contributed by atoms with Crippen molar-refractivity contribution in [1.29, 1.82) is 0 Å². The third-order valence-corrected chi connectivity index (χ3v) is 5.25. The van der Waals surface area contributed by atoms with Crippen LogP contribution in [0.15, 0.2) is 53.5 Å². The summed E-state index contributed by atoms with van der Waals surface area (Å²) in [5.74, 6) is 1.64. The Hall–Kier alpha value is -2.57. The molecule has 0 aliphatic carbocycles. The van der Waals surface area contributed by atoms with Crippen LogP contribution < -0.4 is 15.4 Å². The van der Waals surface area contributed by atoms with Gasteiger partial charge in [0.05, 0.1) is 19.3 Å². The Morgan fingerprint density at radius 2 is 1.63 bits per heavy atom. The van der Waals surface area contributed by atoms with E-state index >= 15 is 0 Å². The molecular formula is C24H34N4O2. The molecule has 0 amide bonds. The van der Waals surface area contributed by atoms with Crippen molar-refractivity contribution in [3.8, 4) is 5.75 Å². The molecule has 3 rings (SSSR count). The van der Waals surface area contributed by atoms with Gasteiger partial charge in [-0.15, -0.1) is 0 Å². The number of para-hydroxylation sites is 1. The first kappa shape index (κ1) is 22.1. The highest BCUT2D eigenvalue weighted by molar-refractivity contribution is 5.79. The number of guanidine groups is 1. The molecule has 2 aromatic carbocycles. The molecule has 1 aliphatic rings. The number of morpholine rings is 1. The van der Waals surface area contributed by atoms with E-state index < -0.39 is 0 Å². The number of rotatable bonds is 7. The molecule has 1 fully saturated rings. The maximum Gasteiger partial charge on any atom is 0.191 e. The van der Waals surface area contributed by atoms with E-state index in [4.69, 9.17) is 9.47 Å². The largest absolute Gasteiger partial charge is 0.496 e. The fraction of sp³-hybridized carbons (Fsp3) is 0.458. The Bertz CT molecular complexity index is 812. The van der Waals surface area contributed by atoms with E-state index in [0.29, 0.717) is 18.8 Å². The number of hydrogen-bond donors (Lipinski definition) is 2. The molecule has 6 heteroatoms. The number of methoxy groups -OCH3 is 1. The van der Waals surface area contributed by atoms with Gasteiger partial charge in [-0.2, -0.15) is 0 Å². The summed E-state index contributed by atoms with van der Waals surface area (Å²) in [6.07, 6.45) is 0.597. The molecule has 0 spiro atoms. The van der Waals surface area contributed by atoms with Crippen LogP contribution in [-0.2, 0) is 24.4 Å². The van der Waals surface area contributed by atoms with Crippen molar-refractivity contribution < 1.29 is 9.47 Å². The minimum Gasteiger partial charge on any atom is -0.496 e. The van der Waals surface area contributed by atoms with Crippen molar-refractivity contribution in [3.63, 3.8) is 0 Å². The Morgan fingerprint density at radius 3 is 2.30 bits per heavy atom. The zero-order chi connectivity index (χ0) is 21.3. The zero-order valence-electron chi connectivity index (χ0n) is 18.5. The van der Waals surface area contributed by atoms with Gasteiger partial charge in [0, 0.05) is 45.3 Å². The van der Waals surface area contributed by atoms with Gasteiger partial charge < -0.3 is 20.1 Å². The molecule has 2 N–H and O–H groups in total. The third-order valence-electron chi connectivity index (χ3n) is 5.25. The molecule has 1 saturated heterocycles. The van der Waals surface area contributed by atoms with Crippen LogP contribution in [0.2, 0.25) is 0 Å². The van der Waals surface area contributed by atoms with Crippen molar-refractivity contribution in [2.45, 2.75) is 45.7 Å². The van der Waals surface area contributed by atoms with E-state index in [9.17, 15) is 0 Å². The van der Waals surface area contributed by atoms with Crippen LogP contribution in [0.1, 0.15) is 30.5 Å². The summed E-state index contributed by atoms with van der Waals surface area (Å²) in [6.45, 7) is 8.60. The number of aliphatic imine (C=N–C) groups is 1. The molecule has 0 saturated carbocycles. The van der Waals surface area contributed by atoms with Gasteiger partial charge in [0.25, 0.3) is 0 Å². The third kappa shape index (κ3) is 6.47. The maximum atomic E-state index is 5.83. The SMILES string of the molecule is CN=C(NCc1ccc(CN2CC(C)OC(C)C2)cc1)NCc1ccccc1OC. The summed E-state index contributed by atoms with van der Waals surface area (Å²) in [6, 6.07) is 16.8. The summed E-state index contributed by atoms with van der Waals surface area (Å²) in [7, 11) is 3.47. The maximum absolute atomic E-state index is 5.83. The van der Waals surface area contributed by atoms with Gasteiger partial charge in [0.15, 0.2) is 5.96 Å². The van der Waals surface area contributed by atoms with Gasteiger partial charge in [0.2, 0.25) is 0 Å². The Labute approximate surface area is 180 Å². The van der Waals surface area contributed by atoms with Crippen molar-refractivity contribution in [1.82, 2.24) is 15.5 Å². The zero-order valence-corrected chi connectivity index (χ0v) is 18.5. The van der Waals surface area contributed by atoms with Gasteiger partial charge in [-0.3, -0.25) is 9.89 Å².